The largest absolute Gasteiger partial charge is 0.310 e. The molecule has 12 rings (SSSR count). The molecule has 0 unspecified atom stereocenters. The number of hydrogen-bond acceptors (Lipinski definition) is 1. The van der Waals surface area contributed by atoms with Gasteiger partial charge in [0.2, 0.25) is 0 Å². The van der Waals surface area contributed by atoms with Crippen LogP contribution >= 0.6 is 0 Å². The van der Waals surface area contributed by atoms with Gasteiger partial charge in [0.15, 0.2) is 0 Å². The molecule has 262 valence electrons. The molecule has 0 heterocycles. The normalized spacial score (nSPS) is 25.4. The number of benzene rings is 6. The second-order valence-corrected chi connectivity index (χ2v) is 17.2. The Bertz CT molecular complexity index is 2230. The van der Waals surface area contributed by atoms with Crippen molar-refractivity contribution in [2.45, 2.75) is 75.5 Å². The van der Waals surface area contributed by atoms with Crippen molar-refractivity contribution in [1.82, 2.24) is 0 Å². The molecule has 6 aromatic rings. The quantitative estimate of drug-likeness (QED) is 0.168. The first kappa shape index (κ1) is 31.6. The zero-order chi connectivity index (χ0) is 34.9. The van der Waals surface area contributed by atoms with E-state index in [4.69, 9.17) is 0 Å². The fourth-order valence-electron chi connectivity index (χ4n) is 12.4. The first-order valence-electron chi connectivity index (χ1n) is 20.6. The lowest BCUT2D eigenvalue weighted by atomic mass is 9.43. The highest BCUT2D eigenvalue weighted by molar-refractivity contribution is 5.88. The first-order chi connectivity index (χ1) is 26.2. The maximum absolute atomic E-state index is 2.56. The molecule has 6 aliphatic carbocycles. The number of fused-ring (bicyclic) bond motifs is 3. The summed E-state index contributed by atoms with van der Waals surface area (Å²) in [6, 6.07) is 55.7. The molecular formula is C52H49N. The second kappa shape index (κ2) is 12.6. The van der Waals surface area contributed by atoms with Crippen molar-refractivity contribution in [2.24, 2.45) is 23.7 Å². The molecule has 0 radical (unpaired) electrons. The Morgan fingerprint density at radius 3 is 1.55 bits per heavy atom. The number of hydrogen-bond donors (Lipinski definition) is 0. The van der Waals surface area contributed by atoms with Crippen LogP contribution < -0.4 is 4.90 Å². The molecule has 53 heavy (non-hydrogen) atoms. The summed E-state index contributed by atoms with van der Waals surface area (Å²) in [5, 5.41) is 0. The van der Waals surface area contributed by atoms with E-state index in [1.807, 2.05) is 0 Å². The molecule has 1 heteroatoms. The summed E-state index contributed by atoms with van der Waals surface area (Å²) in [5.74, 6) is 4.19. The van der Waals surface area contributed by atoms with Crippen molar-refractivity contribution < 1.29 is 0 Å². The molecular weight excluding hydrogens is 639 g/mol. The summed E-state index contributed by atoms with van der Waals surface area (Å²) in [6.45, 7) is 0. The van der Waals surface area contributed by atoms with Gasteiger partial charge in [-0.1, -0.05) is 128 Å². The van der Waals surface area contributed by atoms with Gasteiger partial charge >= 0.3 is 0 Å². The van der Waals surface area contributed by atoms with Gasteiger partial charge in [-0.2, -0.15) is 0 Å². The van der Waals surface area contributed by atoms with Gasteiger partial charge in [0.05, 0.1) is 0 Å². The summed E-state index contributed by atoms with van der Waals surface area (Å²) in [4.78, 5) is 2.48. The minimum Gasteiger partial charge on any atom is -0.310 e. The lowest BCUT2D eigenvalue weighted by Crippen LogP contribution is -2.55. The molecule has 4 bridgehead atoms. The van der Waals surface area contributed by atoms with E-state index in [0.717, 1.165) is 29.6 Å². The zero-order valence-electron chi connectivity index (χ0n) is 30.8. The number of rotatable bonds is 6. The van der Waals surface area contributed by atoms with Crippen LogP contribution in [0.25, 0.3) is 33.4 Å². The van der Waals surface area contributed by atoms with Gasteiger partial charge in [-0.15, -0.1) is 0 Å². The minimum absolute atomic E-state index is 0.189. The van der Waals surface area contributed by atoms with Gasteiger partial charge in [0, 0.05) is 22.5 Å². The predicted molar refractivity (Wildman–Crippen MR) is 221 cm³/mol. The lowest BCUT2D eigenvalue weighted by molar-refractivity contribution is -0.0399. The number of anilines is 3. The minimum atomic E-state index is 0.189. The third-order valence-corrected chi connectivity index (χ3v) is 14.5. The Labute approximate surface area is 315 Å². The smallest absolute Gasteiger partial charge is 0.0468 e. The zero-order valence-corrected chi connectivity index (χ0v) is 30.8. The molecule has 0 atom stereocenters. The predicted octanol–water partition coefficient (Wildman–Crippen LogP) is 14.3. The van der Waals surface area contributed by atoms with E-state index in [-0.39, 0.29) is 5.41 Å². The van der Waals surface area contributed by atoms with Crippen LogP contribution in [0.4, 0.5) is 17.1 Å². The van der Waals surface area contributed by atoms with E-state index in [2.05, 4.69) is 150 Å². The van der Waals surface area contributed by atoms with Gasteiger partial charge in [-0.05, 0) is 161 Å². The van der Waals surface area contributed by atoms with E-state index >= 15 is 0 Å². The maximum Gasteiger partial charge on any atom is 0.0468 e. The molecule has 0 amide bonds. The van der Waals surface area contributed by atoms with Crippen molar-refractivity contribution in [1.29, 1.82) is 0 Å². The third-order valence-electron chi connectivity index (χ3n) is 14.5. The van der Waals surface area contributed by atoms with Crippen LogP contribution in [0.15, 0.2) is 146 Å². The fraction of sp³-hybridized carbons (Fsp3) is 0.308. The van der Waals surface area contributed by atoms with Crippen molar-refractivity contribution in [3.63, 3.8) is 0 Å². The van der Waals surface area contributed by atoms with E-state index in [1.165, 1.54) is 120 Å². The van der Waals surface area contributed by atoms with Crippen LogP contribution in [0.5, 0.6) is 0 Å². The highest BCUT2D eigenvalue weighted by Gasteiger charge is 2.61. The Balaban J connectivity index is 0.993. The Morgan fingerprint density at radius 2 is 0.925 bits per heavy atom. The van der Waals surface area contributed by atoms with Crippen molar-refractivity contribution in [3.05, 3.63) is 162 Å². The second-order valence-electron chi connectivity index (χ2n) is 17.2. The lowest BCUT2D eigenvalue weighted by Gasteiger charge is -2.61. The molecule has 1 spiro atoms. The fourth-order valence-corrected chi connectivity index (χ4v) is 12.4. The molecule has 6 aliphatic rings. The highest BCUT2D eigenvalue weighted by atomic mass is 15.1. The molecule has 5 fully saturated rings. The third kappa shape index (κ3) is 5.10. The summed E-state index contributed by atoms with van der Waals surface area (Å²) >= 11 is 0. The highest BCUT2D eigenvalue weighted by Crippen LogP contribution is 2.69. The van der Waals surface area contributed by atoms with Gasteiger partial charge in [0.1, 0.15) is 0 Å². The molecule has 0 aromatic heterocycles. The van der Waals surface area contributed by atoms with Gasteiger partial charge in [-0.3, -0.25) is 0 Å². The van der Waals surface area contributed by atoms with E-state index in [9.17, 15) is 0 Å². The average Bonchev–Trinajstić information content (AvgIpc) is 3.51. The summed E-state index contributed by atoms with van der Waals surface area (Å²) in [7, 11) is 0. The molecule has 6 aromatic carbocycles. The molecule has 0 N–H and O–H groups in total. The summed E-state index contributed by atoms with van der Waals surface area (Å²) in [6.07, 6.45) is 14.0. The maximum atomic E-state index is 2.56. The summed E-state index contributed by atoms with van der Waals surface area (Å²) in [5.41, 5.74) is 16.6. The molecule has 0 saturated heterocycles. The Kier molecular flexibility index (Phi) is 7.53. The van der Waals surface area contributed by atoms with Crippen LogP contribution in [0.2, 0.25) is 0 Å². The van der Waals surface area contributed by atoms with Crippen LogP contribution in [-0.4, -0.2) is 0 Å². The van der Waals surface area contributed by atoms with E-state index < -0.39 is 0 Å². The van der Waals surface area contributed by atoms with Gasteiger partial charge in [-0.25, -0.2) is 0 Å². The van der Waals surface area contributed by atoms with Crippen LogP contribution in [0.3, 0.4) is 0 Å². The van der Waals surface area contributed by atoms with Crippen molar-refractivity contribution in [3.8, 4) is 33.4 Å². The molecule has 0 aliphatic heterocycles. The molecule has 5 saturated carbocycles. The molecule has 1 nitrogen and oxygen atoms in total. The van der Waals surface area contributed by atoms with Gasteiger partial charge < -0.3 is 4.90 Å². The van der Waals surface area contributed by atoms with Crippen LogP contribution in [0, 0.1) is 23.7 Å². The topological polar surface area (TPSA) is 3.24 Å². The van der Waals surface area contributed by atoms with Crippen molar-refractivity contribution in [2.75, 3.05) is 4.90 Å². The van der Waals surface area contributed by atoms with Crippen LogP contribution in [0.1, 0.15) is 86.8 Å². The van der Waals surface area contributed by atoms with E-state index in [1.54, 1.807) is 11.1 Å². The van der Waals surface area contributed by atoms with Gasteiger partial charge in [0.25, 0.3) is 0 Å². The number of nitrogens with zero attached hydrogens (tertiary/aromatic N) is 1. The van der Waals surface area contributed by atoms with Crippen molar-refractivity contribution >= 4 is 17.1 Å². The summed E-state index contributed by atoms with van der Waals surface area (Å²) < 4.78 is 0. The SMILES string of the molecule is c1ccc(-c2ccc(N(c3ccc(-c4ccc(C5CCCCC5)cc4)cc3)c3ccc4c(c3)-c3ccccc3C43C4CC5CC(C4)CC3C5)cc2)cc1. The van der Waals surface area contributed by atoms with E-state index in [0.29, 0.717) is 0 Å². The average molecular weight is 688 g/mol. The Morgan fingerprint density at radius 1 is 0.415 bits per heavy atom. The van der Waals surface area contributed by atoms with Crippen LogP contribution in [-0.2, 0) is 5.41 Å². The monoisotopic (exact) mass is 687 g/mol. The first-order valence-corrected chi connectivity index (χ1v) is 20.6. The standard InChI is InChI=1S/C52H49N/c1-3-9-37(10-4-1)39-15-17-40(18-16-39)42-21-25-46(26-22-42)53(45-23-19-41(20-24-45)38-11-5-2-6-12-38)47-27-28-51-49(34-47)48-13-7-8-14-50(48)52(51)43-30-35-29-36(32-43)33-44(52)31-35/h2,5-8,11-28,34-37,43-44H,1,3-4,9-10,29-33H2. The Hall–Kier alpha value is -4.88.